The Morgan fingerprint density at radius 3 is 2.52 bits per heavy atom. The van der Waals surface area contributed by atoms with Gasteiger partial charge in [-0.15, -0.1) is 0 Å². The molecule has 0 radical (unpaired) electrons. The van der Waals surface area contributed by atoms with E-state index >= 15 is 0 Å². The lowest BCUT2D eigenvalue weighted by Gasteiger charge is -2.35. The molecular weight excluding hydrogens is 286 g/mol. The fourth-order valence-electron chi connectivity index (χ4n) is 2.78. The fourth-order valence-corrected chi connectivity index (χ4v) is 2.78. The molecule has 1 aliphatic rings. The van der Waals surface area contributed by atoms with E-state index in [1.165, 1.54) is 11.3 Å². The van der Waals surface area contributed by atoms with E-state index in [4.69, 9.17) is 4.74 Å². The van der Waals surface area contributed by atoms with Crippen LogP contribution in [0.25, 0.3) is 6.08 Å². The van der Waals surface area contributed by atoms with Gasteiger partial charge in [0, 0.05) is 38.9 Å². The molecule has 0 unspecified atom stereocenters. The second kappa shape index (κ2) is 7.79. The van der Waals surface area contributed by atoms with E-state index in [1.807, 2.05) is 30.6 Å². The SMILES string of the molecule is COc1ccc(/C=C/CN2CCN(c3cccnc3)CC2)cc1. The van der Waals surface area contributed by atoms with E-state index in [2.05, 4.69) is 45.1 Å². The standard InChI is InChI=1S/C19H23N3O/c1-23-19-8-6-17(7-9-19)4-3-11-21-12-14-22(15-13-21)18-5-2-10-20-16-18/h2-10,16H,11-15H2,1H3/b4-3+. The average Bonchev–Trinajstić information content (AvgIpc) is 2.64. The molecule has 2 aromatic rings. The number of hydrogen-bond donors (Lipinski definition) is 0. The van der Waals surface area contributed by atoms with Crippen molar-refractivity contribution < 1.29 is 4.74 Å². The van der Waals surface area contributed by atoms with Gasteiger partial charge in [0.05, 0.1) is 19.0 Å². The molecule has 0 bridgehead atoms. The van der Waals surface area contributed by atoms with Crippen LogP contribution in [0.2, 0.25) is 0 Å². The summed E-state index contributed by atoms with van der Waals surface area (Å²) in [6.45, 7) is 5.28. The maximum Gasteiger partial charge on any atom is 0.118 e. The van der Waals surface area contributed by atoms with E-state index < -0.39 is 0 Å². The van der Waals surface area contributed by atoms with Gasteiger partial charge in [-0.05, 0) is 29.8 Å². The van der Waals surface area contributed by atoms with Crippen molar-refractivity contribution in [3.8, 4) is 5.75 Å². The van der Waals surface area contributed by atoms with Gasteiger partial charge in [-0.2, -0.15) is 0 Å². The Labute approximate surface area is 138 Å². The summed E-state index contributed by atoms with van der Waals surface area (Å²) in [7, 11) is 1.69. The number of hydrogen-bond acceptors (Lipinski definition) is 4. The molecular formula is C19H23N3O. The monoisotopic (exact) mass is 309 g/mol. The molecule has 23 heavy (non-hydrogen) atoms. The number of rotatable bonds is 5. The van der Waals surface area contributed by atoms with Gasteiger partial charge >= 0.3 is 0 Å². The van der Waals surface area contributed by atoms with Gasteiger partial charge < -0.3 is 9.64 Å². The Bertz CT molecular complexity index is 617. The highest BCUT2D eigenvalue weighted by Crippen LogP contribution is 2.15. The first kappa shape index (κ1) is 15.6. The molecule has 0 saturated carbocycles. The Kier molecular flexibility index (Phi) is 5.27. The second-order valence-electron chi connectivity index (χ2n) is 5.67. The maximum atomic E-state index is 5.17. The second-order valence-corrected chi connectivity index (χ2v) is 5.67. The fraction of sp³-hybridized carbons (Fsp3) is 0.316. The summed E-state index contributed by atoms with van der Waals surface area (Å²) in [5.41, 5.74) is 2.43. The van der Waals surface area contributed by atoms with E-state index in [0.29, 0.717) is 0 Å². The molecule has 0 N–H and O–H groups in total. The first-order chi connectivity index (χ1) is 11.3. The minimum atomic E-state index is 0.897. The third-order valence-electron chi connectivity index (χ3n) is 4.17. The molecule has 0 spiro atoms. The minimum absolute atomic E-state index is 0.897. The average molecular weight is 309 g/mol. The van der Waals surface area contributed by atoms with Crippen LogP contribution in [0.5, 0.6) is 5.75 Å². The van der Waals surface area contributed by atoms with E-state index in [1.54, 1.807) is 7.11 Å². The van der Waals surface area contributed by atoms with Crippen LogP contribution in [0.15, 0.2) is 54.9 Å². The van der Waals surface area contributed by atoms with Gasteiger partial charge in [0.25, 0.3) is 0 Å². The number of methoxy groups -OCH3 is 1. The molecule has 3 rings (SSSR count). The molecule has 0 atom stereocenters. The van der Waals surface area contributed by atoms with Gasteiger partial charge in [0.15, 0.2) is 0 Å². The predicted octanol–water partition coefficient (Wildman–Crippen LogP) is 2.93. The summed E-state index contributed by atoms with van der Waals surface area (Å²) >= 11 is 0. The summed E-state index contributed by atoms with van der Waals surface area (Å²) in [5.74, 6) is 0.897. The zero-order valence-corrected chi connectivity index (χ0v) is 13.6. The predicted molar refractivity (Wildman–Crippen MR) is 94.9 cm³/mol. The van der Waals surface area contributed by atoms with Crippen LogP contribution in [-0.2, 0) is 0 Å². The van der Waals surface area contributed by atoms with Crippen molar-refractivity contribution in [3.05, 3.63) is 60.4 Å². The summed E-state index contributed by atoms with van der Waals surface area (Å²) < 4.78 is 5.17. The molecule has 2 heterocycles. The molecule has 0 aliphatic carbocycles. The zero-order valence-electron chi connectivity index (χ0n) is 13.6. The van der Waals surface area contributed by atoms with Crippen molar-refractivity contribution in [1.82, 2.24) is 9.88 Å². The van der Waals surface area contributed by atoms with Gasteiger partial charge in [-0.3, -0.25) is 9.88 Å². The highest BCUT2D eigenvalue weighted by molar-refractivity contribution is 5.50. The molecule has 1 aliphatic heterocycles. The number of anilines is 1. The van der Waals surface area contributed by atoms with Crippen LogP contribution >= 0.6 is 0 Å². The van der Waals surface area contributed by atoms with Gasteiger partial charge in [0.2, 0.25) is 0 Å². The topological polar surface area (TPSA) is 28.6 Å². The number of piperazine rings is 1. The number of ether oxygens (including phenoxy) is 1. The zero-order chi connectivity index (χ0) is 15.9. The lowest BCUT2D eigenvalue weighted by atomic mass is 10.2. The summed E-state index contributed by atoms with van der Waals surface area (Å²) in [6.07, 6.45) is 8.18. The number of nitrogens with zero attached hydrogens (tertiary/aromatic N) is 3. The Morgan fingerprint density at radius 2 is 1.87 bits per heavy atom. The van der Waals surface area contributed by atoms with Crippen molar-refractivity contribution in [3.63, 3.8) is 0 Å². The van der Waals surface area contributed by atoms with Gasteiger partial charge in [-0.25, -0.2) is 0 Å². The van der Waals surface area contributed by atoms with E-state index in [0.717, 1.165) is 38.5 Å². The summed E-state index contributed by atoms with van der Waals surface area (Å²) in [4.78, 5) is 9.08. The molecule has 4 nitrogen and oxygen atoms in total. The highest BCUT2D eigenvalue weighted by atomic mass is 16.5. The molecule has 1 aromatic carbocycles. The van der Waals surface area contributed by atoms with Gasteiger partial charge in [-0.1, -0.05) is 24.3 Å². The van der Waals surface area contributed by atoms with Crippen molar-refractivity contribution in [2.75, 3.05) is 44.7 Å². The lowest BCUT2D eigenvalue weighted by Crippen LogP contribution is -2.46. The Hall–Kier alpha value is -2.33. The lowest BCUT2D eigenvalue weighted by molar-refractivity contribution is 0.284. The molecule has 4 heteroatoms. The minimum Gasteiger partial charge on any atom is -0.497 e. The molecule has 1 aromatic heterocycles. The highest BCUT2D eigenvalue weighted by Gasteiger charge is 2.15. The van der Waals surface area contributed by atoms with Crippen molar-refractivity contribution in [2.45, 2.75) is 0 Å². The van der Waals surface area contributed by atoms with Crippen molar-refractivity contribution in [1.29, 1.82) is 0 Å². The van der Waals surface area contributed by atoms with Crippen molar-refractivity contribution >= 4 is 11.8 Å². The number of aromatic nitrogens is 1. The molecule has 0 amide bonds. The molecule has 120 valence electrons. The normalized spacial score (nSPS) is 16.0. The van der Waals surface area contributed by atoms with Crippen LogP contribution in [0.4, 0.5) is 5.69 Å². The first-order valence-electron chi connectivity index (χ1n) is 8.03. The quantitative estimate of drug-likeness (QED) is 0.849. The Morgan fingerprint density at radius 1 is 1.09 bits per heavy atom. The number of pyridine rings is 1. The van der Waals surface area contributed by atoms with Gasteiger partial charge in [0.1, 0.15) is 5.75 Å². The molecule has 1 fully saturated rings. The van der Waals surface area contributed by atoms with Crippen LogP contribution in [0.1, 0.15) is 5.56 Å². The van der Waals surface area contributed by atoms with Crippen molar-refractivity contribution in [2.24, 2.45) is 0 Å². The maximum absolute atomic E-state index is 5.17. The molecule has 1 saturated heterocycles. The van der Waals surface area contributed by atoms with E-state index in [-0.39, 0.29) is 0 Å². The largest absolute Gasteiger partial charge is 0.497 e. The Balaban J connectivity index is 1.46. The number of benzene rings is 1. The summed E-state index contributed by atoms with van der Waals surface area (Å²) in [6, 6.07) is 12.3. The van der Waals surface area contributed by atoms with Crippen LogP contribution in [0.3, 0.4) is 0 Å². The summed E-state index contributed by atoms with van der Waals surface area (Å²) in [5, 5.41) is 0. The smallest absolute Gasteiger partial charge is 0.118 e. The third kappa shape index (κ3) is 4.33. The van der Waals surface area contributed by atoms with Crippen LogP contribution in [-0.4, -0.2) is 49.7 Å². The third-order valence-corrected chi connectivity index (χ3v) is 4.17. The van der Waals surface area contributed by atoms with Crippen LogP contribution < -0.4 is 9.64 Å². The van der Waals surface area contributed by atoms with Crippen LogP contribution in [0, 0.1) is 0 Å². The van der Waals surface area contributed by atoms with E-state index in [9.17, 15) is 0 Å². The first-order valence-corrected chi connectivity index (χ1v) is 8.03.